The van der Waals surface area contributed by atoms with Gasteiger partial charge in [0.1, 0.15) is 11.4 Å². The Bertz CT molecular complexity index is 540. The summed E-state index contributed by atoms with van der Waals surface area (Å²) in [6, 6.07) is 10.5. The second-order valence-electron chi connectivity index (χ2n) is 5.18. The average Bonchev–Trinajstić information content (AvgIpc) is 3.14. The van der Waals surface area contributed by atoms with Gasteiger partial charge in [-0.15, -0.1) is 0 Å². The third-order valence-corrected chi connectivity index (χ3v) is 3.95. The van der Waals surface area contributed by atoms with E-state index in [1.165, 1.54) is 6.42 Å². The van der Waals surface area contributed by atoms with Crippen LogP contribution in [-0.2, 0) is 11.3 Å². The minimum Gasteiger partial charge on any atom is -0.380 e. The minimum absolute atomic E-state index is 0.321. The molecular formula is C15H20N4O. The van der Waals surface area contributed by atoms with E-state index in [2.05, 4.69) is 32.9 Å². The van der Waals surface area contributed by atoms with Crippen LogP contribution in [0.4, 0.5) is 0 Å². The summed E-state index contributed by atoms with van der Waals surface area (Å²) in [6.45, 7) is 0.714. The maximum atomic E-state index is 5.50. The molecule has 1 aliphatic rings. The molecular weight excluding hydrogens is 252 g/mol. The molecule has 1 aromatic heterocycles. The molecule has 5 nitrogen and oxygen atoms in total. The highest BCUT2D eigenvalue weighted by Crippen LogP contribution is 2.23. The number of H-pyrrole nitrogens is 1. The van der Waals surface area contributed by atoms with Gasteiger partial charge in [0.05, 0.1) is 6.10 Å². The molecule has 0 bridgehead atoms. The molecule has 5 heteroatoms. The molecule has 0 aliphatic heterocycles. The van der Waals surface area contributed by atoms with Crippen LogP contribution >= 0.6 is 0 Å². The number of nitrogens with one attached hydrogen (secondary N) is 2. The van der Waals surface area contributed by atoms with Gasteiger partial charge in [0.2, 0.25) is 0 Å². The largest absolute Gasteiger partial charge is 0.380 e. The van der Waals surface area contributed by atoms with Crippen molar-refractivity contribution in [1.82, 2.24) is 20.7 Å². The summed E-state index contributed by atoms with van der Waals surface area (Å²) < 4.78 is 5.50. The van der Waals surface area contributed by atoms with Crippen molar-refractivity contribution in [2.75, 3.05) is 7.11 Å². The average molecular weight is 272 g/mol. The van der Waals surface area contributed by atoms with Gasteiger partial charge in [-0.1, -0.05) is 30.3 Å². The van der Waals surface area contributed by atoms with Crippen molar-refractivity contribution < 1.29 is 4.74 Å². The number of aromatic nitrogens is 3. The van der Waals surface area contributed by atoms with Crippen LogP contribution in [0.25, 0.3) is 11.3 Å². The lowest BCUT2D eigenvalue weighted by Gasteiger charge is -2.19. The Morgan fingerprint density at radius 3 is 2.90 bits per heavy atom. The van der Waals surface area contributed by atoms with Crippen molar-refractivity contribution in [3.63, 3.8) is 0 Å². The summed E-state index contributed by atoms with van der Waals surface area (Å²) in [7, 11) is 1.79. The van der Waals surface area contributed by atoms with Gasteiger partial charge in [0.25, 0.3) is 0 Å². The lowest BCUT2D eigenvalue weighted by molar-refractivity contribution is 0.0846. The van der Waals surface area contributed by atoms with E-state index >= 15 is 0 Å². The van der Waals surface area contributed by atoms with E-state index in [0.717, 1.165) is 29.8 Å². The monoisotopic (exact) mass is 272 g/mol. The van der Waals surface area contributed by atoms with Gasteiger partial charge in [-0.2, -0.15) is 15.4 Å². The van der Waals surface area contributed by atoms with E-state index in [0.29, 0.717) is 18.7 Å². The predicted octanol–water partition coefficient (Wildman–Crippen LogP) is 2.13. The molecule has 1 heterocycles. The summed E-state index contributed by atoms with van der Waals surface area (Å²) in [5.74, 6) is 0. The second-order valence-corrected chi connectivity index (χ2v) is 5.18. The Labute approximate surface area is 118 Å². The van der Waals surface area contributed by atoms with Gasteiger partial charge in [0.15, 0.2) is 0 Å². The van der Waals surface area contributed by atoms with Crippen LogP contribution < -0.4 is 5.32 Å². The summed E-state index contributed by atoms with van der Waals surface area (Å²) >= 11 is 0. The molecule has 2 atom stereocenters. The van der Waals surface area contributed by atoms with Crippen LogP contribution in [0.5, 0.6) is 0 Å². The Morgan fingerprint density at radius 1 is 1.25 bits per heavy atom. The molecule has 1 fully saturated rings. The Kier molecular flexibility index (Phi) is 4.08. The van der Waals surface area contributed by atoms with E-state index in [1.54, 1.807) is 7.11 Å². The fraction of sp³-hybridized carbons (Fsp3) is 0.467. The van der Waals surface area contributed by atoms with Gasteiger partial charge in [-0.3, -0.25) is 0 Å². The zero-order valence-corrected chi connectivity index (χ0v) is 11.7. The van der Waals surface area contributed by atoms with Crippen molar-refractivity contribution in [1.29, 1.82) is 0 Å². The fourth-order valence-electron chi connectivity index (χ4n) is 2.87. The first-order chi connectivity index (χ1) is 9.88. The van der Waals surface area contributed by atoms with Crippen LogP contribution in [0.15, 0.2) is 30.3 Å². The van der Waals surface area contributed by atoms with E-state index in [4.69, 9.17) is 4.74 Å². The van der Waals surface area contributed by atoms with Gasteiger partial charge in [-0.25, -0.2) is 0 Å². The van der Waals surface area contributed by atoms with Crippen LogP contribution in [0.1, 0.15) is 25.0 Å². The lowest BCUT2D eigenvalue weighted by atomic mass is 10.1. The highest BCUT2D eigenvalue weighted by atomic mass is 16.5. The van der Waals surface area contributed by atoms with E-state index in [9.17, 15) is 0 Å². The standard InChI is InChI=1S/C15H20N4O/c1-20-14-9-5-8-12(14)16-10-13-15(18-19-17-13)11-6-3-2-4-7-11/h2-4,6-7,12,14,16H,5,8-10H2,1H3,(H,17,18,19). The molecule has 1 aliphatic carbocycles. The smallest absolute Gasteiger partial charge is 0.117 e. The summed E-state index contributed by atoms with van der Waals surface area (Å²) in [5.41, 5.74) is 2.97. The van der Waals surface area contributed by atoms with Crippen molar-refractivity contribution in [2.24, 2.45) is 0 Å². The molecule has 0 saturated heterocycles. The van der Waals surface area contributed by atoms with Crippen LogP contribution in [-0.4, -0.2) is 34.7 Å². The molecule has 2 N–H and O–H groups in total. The normalized spacial score (nSPS) is 22.2. The Balaban J connectivity index is 1.68. The molecule has 0 amide bonds. The topological polar surface area (TPSA) is 62.8 Å². The molecule has 20 heavy (non-hydrogen) atoms. The molecule has 2 aromatic rings. The van der Waals surface area contributed by atoms with E-state index < -0.39 is 0 Å². The number of rotatable bonds is 5. The predicted molar refractivity (Wildman–Crippen MR) is 77.1 cm³/mol. The van der Waals surface area contributed by atoms with Crippen molar-refractivity contribution in [3.8, 4) is 11.3 Å². The summed E-state index contributed by atoms with van der Waals surface area (Å²) in [4.78, 5) is 0. The Hall–Kier alpha value is -1.72. The Morgan fingerprint density at radius 2 is 2.10 bits per heavy atom. The molecule has 1 aromatic carbocycles. The third-order valence-electron chi connectivity index (χ3n) is 3.95. The SMILES string of the molecule is COC1CCCC1NCc1n[nH]nc1-c1ccccc1. The number of nitrogens with zero attached hydrogens (tertiary/aromatic N) is 2. The van der Waals surface area contributed by atoms with Gasteiger partial charge < -0.3 is 10.1 Å². The maximum absolute atomic E-state index is 5.50. The first-order valence-electron chi connectivity index (χ1n) is 7.09. The highest BCUT2D eigenvalue weighted by molar-refractivity contribution is 5.60. The fourth-order valence-corrected chi connectivity index (χ4v) is 2.87. The van der Waals surface area contributed by atoms with Gasteiger partial charge in [-0.05, 0) is 19.3 Å². The third kappa shape index (κ3) is 2.73. The zero-order chi connectivity index (χ0) is 13.8. The number of hydrogen-bond acceptors (Lipinski definition) is 4. The first-order valence-corrected chi connectivity index (χ1v) is 7.09. The summed E-state index contributed by atoms with van der Waals surface area (Å²) in [6.07, 6.45) is 3.85. The highest BCUT2D eigenvalue weighted by Gasteiger charge is 2.26. The molecule has 1 saturated carbocycles. The number of benzene rings is 1. The molecule has 2 unspecified atom stereocenters. The molecule has 106 valence electrons. The summed E-state index contributed by atoms with van der Waals surface area (Å²) in [5, 5.41) is 14.8. The van der Waals surface area contributed by atoms with Crippen molar-refractivity contribution in [2.45, 2.75) is 38.0 Å². The van der Waals surface area contributed by atoms with E-state index in [1.807, 2.05) is 18.2 Å². The van der Waals surface area contributed by atoms with Gasteiger partial charge in [0, 0.05) is 25.3 Å². The molecule has 3 rings (SSSR count). The molecule has 0 spiro atoms. The number of methoxy groups -OCH3 is 1. The van der Waals surface area contributed by atoms with Crippen LogP contribution in [0.2, 0.25) is 0 Å². The van der Waals surface area contributed by atoms with Gasteiger partial charge >= 0.3 is 0 Å². The van der Waals surface area contributed by atoms with Crippen LogP contribution in [0, 0.1) is 0 Å². The molecule has 0 radical (unpaired) electrons. The van der Waals surface area contributed by atoms with Crippen molar-refractivity contribution >= 4 is 0 Å². The van der Waals surface area contributed by atoms with Crippen LogP contribution in [0.3, 0.4) is 0 Å². The van der Waals surface area contributed by atoms with E-state index in [-0.39, 0.29) is 0 Å². The zero-order valence-electron chi connectivity index (χ0n) is 11.7. The first kappa shape index (κ1) is 13.3. The number of aromatic amines is 1. The van der Waals surface area contributed by atoms with Crippen molar-refractivity contribution in [3.05, 3.63) is 36.0 Å². The second kappa shape index (κ2) is 6.15. The number of hydrogen-bond donors (Lipinski definition) is 2. The quantitative estimate of drug-likeness (QED) is 0.875. The lowest BCUT2D eigenvalue weighted by Crippen LogP contribution is -2.36. The minimum atomic E-state index is 0.321. The number of ether oxygens (including phenoxy) is 1. The maximum Gasteiger partial charge on any atom is 0.117 e.